The van der Waals surface area contributed by atoms with Crippen LogP contribution in [0.4, 0.5) is 0 Å². The Balaban J connectivity index is 1.56. The Kier molecular flexibility index (Phi) is 6.95. The van der Waals surface area contributed by atoms with Crippen LogP contribution in [0.2, 0.25) is 0 Å². The van der Waals surface area contributed by atoms with Gasteiger partial charge in [-0.1, -0.05) is 31.1 Å². The second kappa shape index (κ2) is 9.64. The van der Waals surface area contributed by atoms with E-state index in [2.05, 4.69) is 36.1 Å². The van der Waals surface area contributed by atoms with Crippen molar-refractivity contribution in [2.24, 2.45) is 0 Å². The van der Waals surface area contributed by atoms with Gasteiger partial charge >= 0.3 is 5.97 Å². The Bertz CT molecular complexity index is 992. The second-order valence-electron chi connectivity index (χ2n) is 7.89. The summed E-state index contributed by atoms with van der Waals surface area (Å²) in [6.07, 6.45) is 0. The molecule has 31 heavy (non-hydrogen) atoms. The van der Waals surface area contributed by atoms with Gasteiger partial charge in [-0.2, -0.15) is 4.98 Å². The summed E-state index contributed by atoms with van der Waals surface area (Å²) in [6, 6.07) is 15.0. The molecule has 0 spiro atoms. The summed E-state index contributed by atoms with van der Waals surface area (Å²) in [4.78, 5) is 16.3. The highest BCUT2D eigenvalue weighted by molar-refractivity contribution is 5.79. The highest BCUT2D eigenvalue weighted by atomic mass is 16.6. The number of rotatable bonds is 9. The molecule has 2 aromatic carbocycles. The predicted molar refractivity (Wildman–Crippen MR) is 116 cm³/mol. The zero-order valence-corrected chi connectivity index (χ0v) is 18.5. The molecule has 164 valence electrons. The van der Waals surface area contributed by atoms with Crippen molar-refractivity contribution in [1.29, 1.82) is 0 Å². The Morgan fingerprint density at radius 2 is 1.68 bits per heavy atom. The number of carbonyl (C=O) groups is 1. The molecular weight excluding hydrogens is 396 g/mol. The molecule has 3 rings (SSSR count). The fourth-order valence-corrected chi connectivity index (χ4v) is 2.83. The van der Waals surface area contributed by atoms with E-state index in [-0.39, 0.29) is 6.61 Å². The van der Waals surface area contributed by atoms with Crippen LogP contribution in [-0.4, -0.2) is 28.3 Å². The third-order valence-electron chi connectivity index (χ3n) is 4.62. The average molecular weight is 424 g/mol. The highest BCUT2D eigenvalue weighted by Gasteiger charge is 2.31. The zero-order chi connectivity index (χ0) is 22.4. The van der Waals surface area contributed by atoms with E-state index in [1.807, 2.05) is 12.1 Å². The van der Waals surface area contributed by atoms with Gasteiger partial charge in [0.15, 0.2) is 12.2 Å². The first-order chi connectivity index (χ1) is 14.8. The van der Waals surface area contributed by atoms with Crippen LogP contribution in [0.3, 0.4) is 0 Å². The van der Waals surface area contributed by atoms with Gasteiger partial charge in [0, 0.05) is 5.56 Å². The van der Waals surface area contributed by atoms with E-state index in [0.717, 1.165) is 5.56 Å². The summed E-state index contributed by atoms with van der Waals surface area (Å²) < 4.78 is 21.8. The third-order valence-corrected chi connectivity index (χ3v) is 4.62. The first kappa shape index (κ1) is 22.3. The minimum absolute atomic E-state index is 0.169. The number of aromatic nitrogens is 2. The van der Waals surface area contributed by atoms with Crippen LogP contribution < -0.4 is 9.47 Å². The van der Waals surface area contributed by atoms with E-state index in [9.17, 15) is 4.79 Å². The van der Waals surface area contributed by atoms with Crippen molar-refractivity contribution in [1.82, 2.24) is 10.1 Å². The Morgan fingerprint density at radius 3 is 2.29 bits per heavy atom. The van der Waals surface area contributed by atoms with E-state index >= 15 is 0 Å². The van der Waals surface area contributed by atoms with E-state index in [1.165, 1.54) is 5.56 Å². The lowest BCUT2D eigenvalue weighted by Crippen LogP contribution is -2.39. The van der Waals surface area contributed by atoms with Gasteiger partial charge in [0.25, 0.3) is 5.89 Å². The predicted octanol–water partition coefficient (Wildman–Crippen LogP) is 5.16. The topological polar surface area (TPSA) is 83.7 Å². The van der Waals surface area contributed by atoms with Gasteiger partial charge in [0.1, 0.15) is 11.5 Å². The van der Waals surface area contributed by atoms with Gasteiger partial charge in [-0.15, -0.1) is 0 Å². The number of nitrogens with zero attached hydrogens (tertiary/aromatic N) is 2. The van der Waals surface area contributed by atoms with Crippen LogP contribution >= 0.6 is 0 Å². The SMILES string of the molecule is CCOC(=O)C(C)(C)Oc1ccc(OCc2noc(-c3ccc(C(C)C)cc3)n2)cc1. The summed E-state index contributed by atoms with van der Waals surface area (Å²) in [5.74, 6) is 2.12. The summed E-state index contributed by atoms with van der Waals surface area (Å²) in [7, 11) is 0. The summed E-state index contributed by atoms with van der Waals surface area (Å²) >= 11 is 0. The van der Waals surface area contributed by atoms with E-state index < -0.39 is 11.6 Å². The number of ether oxygens (including phenoxy) is 3. The Labute approximate surface area is 182 Å². The number of carbonyl (C=O) groups excluding carboxylic acids is 1. The molecule has 0 fully saturated rings. The maximum absolute atomic E-state index is 12.0. The molecule has 0 saturated heterocycles. The number of benzene rings is 2. The molecular formula is C24H28N2O5. The van der Waals surface area contributed by atoms with Crippen molar-refractivity contribution < 1.29 is 23.5 Å². The highest BCUT2D eigenvalue weighted by Crippen LogP contribution is 2.24. The molecule has 0 bridgehead atoms. The first-order valence-electron chi connectivity index (χ1n) is 10.3. The van der Waals surface area contributed by atoms with Crippen LogP contribution in [-0.2, 0) is 16.1 Å². The van der Waals surface area contributed by atoms with Gasteiger partial charge in [-0.25, -0.2) is 4.79 Å². The molecule has 3 aromatic rings. The molecule has 0 atom stereocenters. The maximum Gasteiger partial charge on any atom is 0.349 e. The average Bonchev–Trinajstić information content (AvgIpc) is 3.22. The fourth-order valence-electron chi connectivity index (χ4n) is 2.83. The van der Waals surface area contributed by atoms with Crippen LogP contribution in [0.5, 0.6) is 11.5 Å². The Hall–Kier alpha value is -3.35. The monoisotopic (exact) mass is 424 g/mol. The van der Waals surface area contributed by atoms with Crippen molar-refractivity contribution in [3.8, 4) is 23.0 Å². The normalized spacial score (nSPS) is 11.4. The number of esters is 1. The van der Waals surface area contributed by atoms with Crippen LogP contribution in [0.1, 0.15) is 51.9 Å². The van der Waals surface area contributed by atoms with Gasteiger partial charge in [-0.3, -0.25) is 0 Å². The van der Waals surface area contributed by atoms with E-state index in [4.69, 9.17) is 18.7 Å². The maximum atomic E-state index is 12.0. The molecule has 7 nitrogen and oxygen atoms in total. The molecule has 0 aliphatic heterocycles. The van der Waals surface area contributed by atoms with Crippen LogP contribution in [0.15, 0.2) is 53.1 Å². The zero-order valence-electron chi connectivity index (χ0n) is 18.5. The van der Waals surface area contributed by atoms with Crippen LogP contribution in [0.25, 0.3) is 11.5 Å². The van der Waals surface area contributed by atoms with Crippen molar-refractivity contribution in [3.05, 3.63) is 59.9 Å². The molecule has 7 heteroatoms. The summed E-state index contributed by atoms with van der Waals surface area (Å²) in [5, 5.41) is 3.98. The van der Waals surface area contributed by atoms with Gasteiger partial charge in [0.05, 0.1) is 6.61 Å². The van der Waals surface area contributed by atoms with Crippen molar-refractivity contribution in [2.45, 2.75) is 52.7 Å². The molecule has 1 aromatic heterocycles. The molecule has 0 amide bonds. The van der Waals surface area contributed by atoms with E-state index in [0.29, 0.717) is 35.7 Å². The molecule has 0 aliphatic carbocycles. The number of hydrogen-bond acceptors (Lipinski definition) is 7. The number of hydrogen-bond donors (Lipinski definition) is 0. The minimum atomic E-state index is -1.08. The molecule has 0 saturated carbocycles. The summed E-state index contributed by atoms with van der Waals surface area (Å²) in [6.45, 7) is 9.87. The third kappa shape index (κ3) is 5.84. The molecule has 0 N–H and O–H groups in total. The largest absolute Gasteiger partial charge is 0.485 e. The Morgan fingerprint density at radius 1 is 1.03 bits per heavy atom. The minimum Gasteiger partial charge on any atom is -0.485 e. The van der Waals surface area contributed by atoms with Gasteiger partial charge in [0.2, 0.25) is 5.82 Å². The lowest BCUT2D eigenvalue weighted by molar-refractivity contribution is -0.158. The molecule has 0 unspecified atom stereocenters. The van der Waals surface area contributed by atoms with Crippen molar-refractivity contribution in [3.63, 3.8) is 0 Å². The smallest absolute Gasteiger partial charge is 0.349 e. The summed E-state index contributed by atoms with van der Waals surface area (Å²) in [5.41, 5.74) is 1.05. The van der Waals surface area contributed by atoms with Gasteiger partial charge in [-0.05, 0) is 68.7 Å². The molecule has 0 radical (unpaired) electrons. The standard InChI is InChI=1S/C24H28N2O5/c1-6-28-23(27)24(4,5)30-20-13-11-19(12-14-20)29-15-21-25-22(31-26-21)18-9-7-17(8-10-18)16(2)3/h7-14,16H,6,15H2,1-5H3. The van der Waals surface area contributed by atoms with Crippen molar-refractivity contribution in [2.75, 3.05) is 6.61 Å². The quantitative estimate of drug-likeness (QED) is 0.439. The lowest BCUT2D eigenvalue weighted by Gasteiger charge is -2.24. The van der Waals surface area contributed by atoms with E-state index in [1.54, 1.807) is 45.0 Å². The first-order valence-corrected chi connectivity index (χ1v) is 10.3. The molecule has 0 aliphatic rings. The fraction of sp³-hybridized carbons (Fsp3) is 0.375. The molecule has 1 heterocycles. The second-order valence-corrected chi connectivity index (χ2v) is 7.89. The van der Waals surface area contributed by atoms with Gasteiger partial charge < -0.3 is 18.7 Å². The van der Waals surface area contributed by atoms with Crippen LogP contribution in [0, 0.1) is 0 Å². The van der Waals surface area contributed by atoms with Crippen molar-refractivity contribution >= 4 is 5.97 Å². The lowest BCUT2D eigenvalue weighted by atomic mass is 10.0.